The topological polar surface area (TPSA) is 66.9 Å². The molecule has 1 amide bonds. The van der Waals surface area contributed by atoms with Crippen LogP contribution in [0.4, 0.5) is 5.69 Å². The highest BCUT2D eigenvalue weighted by atomic mass is 32.2. The number of hydrogen-bond donors (Lipinski definition) is 0. The molecule has 0 atom stereocenters. The van der Waals surface area contributed by atoms with Crippen molar-refractivity contribution in [2.24, 2.45) is 5.92 Å². The fourth-order valence-corrected chi connectivity index (χ4v) is 7.37. The smallest absolute Gasteiger partial charge is 0.264 e. The summed E-state index contributed by atoms with van der Waals surface area (Å²) in [7, 11) is -0.646. The number of carbonyl (C=O) groups is 1. The van der Waals surface area contributed by atoms with Crippen LogP contribution in [0.5, 0.6) is 5.75 Å². The zero-order chi connectivity index (χ0) is 26.9. The summed E-state index contributed by atoms with van der Waals surface area (Å²) in [6.45, 7) is 3.34. The van der Waals surface area contributed by atoms with E-state index in [1.165, 1.54) is 21.2 Å². The SMILES string of the molecule is COc1ccc(S(=O)(=O)N(C)c2ccc3sc(C(=O)N4CCC(Cc5ccccc5)CC4)cc3c2)cc1C. The van der Waals surface area contributed by atoms with Gasteiger partial charge in [-0.2, -0.15) is 0 Å². The Hall–Kier alpha value is -3.36. The van der Waals surface area contributed by atoms with E-state index in [1.54, 1.807) is 38.4 Å². The predicted molar refractivity (Wildman–Crippen MR) is 154 cm³/mol. The van der Waals surface area contributed by atoms with E-state index >= 15 is 0 Å². The highest BCUT2D eigenvalue weighted by Gasteiger charge is 2.26. The van der Waals surface area contributed by atoms with E-state index < -0.39 is 10.0 Å². The molecular weight excluding hydrogens is 516 g/mol. The van der Waals surface area contributed by atoms with E-state index in [-0.39, 0.29) is 10.8 Å². The zero-order valence-corrected chi connectivity index (χ0v) is 23.5. The van der Waals surface area contributed by atoms with Crippen LogP contribution < -0.4 is 9.04 Å². The van der Waals surface area contributed by atoms with Crippen molar-refractivity contribution >= 4 is 43.0 Å². The van der Waals surface area contributed by atoms with Crippen LogP contribution in [0.1, 0.15) is 33.6 Å². The highest BCUT2D eigenvalue weighted by molar-refractivity contribution is 7.92. The molecule has 0 aliphatic carbocycles. The second kappa shape index (κ2) is 10.8. The Morgan fingerprint density at radius 3 is 2.45 bits per heavy atom. The average Bonchev–Trinajstić information content (AvgIpc) is 3.36. The van der Waals surface area contributed by atoms with Gasteiger partial charge in [-0.15, -0.1) is 11.3 Å². The van der Waals surface area contributed by atoms with Crippen LogP contribution in [0.3, 0.4) is 0 Å². The summed E-state index contributed by atoms with van der Waals surface area (Å²) in [5, 5.41) is 0.864. The molecule has 8 heteroatoms. The molecule has 3 aromatic carbocycles. The Morgan fingerprint density at radius 1 is 1.03 bits per heavy atom. The fourth-order valence-electron chi connectivity index (χ4n) is 5.08. The van der Waals surface area contributed by atoms with Gasteiger partial charge < -0.3 is 9.64 Å². The number of carbonyl (C=O) groups excluding carboxylic acids is 1. The van der Waals surface area contributed by atoms with Gasteiger partial charge in [0.25, 0.3) is 15.9 Å². The van der Waals surface area contributed by atoms with Gasteiger partial charge in [0.2, 0.25) is 0 Å². The number of sulfonamides is 1. The van der Waals surface area contributed by atoms with Crippen molar-refractivity contribution < 1.29 is 17.9 Å². The third kappa shape index (κ3) is 5.28. The first kappa shape index (κ1) is 26.3. The van der Waals surface area contributed by atoms with E-state index in [4.69, 9.17) is 4.74 Å². The number of fused-ring (bicyclic) bond motifs is 1. The van der Waals surface area contributed by atoms with E-state index in [1.807, 2.05) is 36.1 Å². The molecular formula is C30H32N2O4S2. The van der Waals surface area contributed by atoms with Gasteiger partial charge in [-0.25, -0.2) is 8.42 Å². The lowest BCUT2D eigenvalue weighted by molar-refractivity contribution is 0.0695. The van der Waals surface area contributed by atoms with Crippen LogP contribution in [-0.2, 0) is 16.4 Å². The van der Waals surface area contributed by atoms with Crippen molar-refractivity contribution in [1.82, 2.24) is 4.90 Å². The Kier molecular flexibility index (Phi) is 7.45. The number of benzene rings is 3. The van der Waals surface area contributed by atoms with Crippen LogP contribution in [0.25, 0.3) is 10.1 Å². The summed E-state index contributed by atoms with van der Waals surface area (Å²) in [6.07, 6.45) is 3.06. The van der Waals surface area contributed by atoms with Gasteiger partial charge in [0.1, 0.15) is 5.75 Å². The minimum atomic E-state index is -3.76. The minimum absolute atomic E-state index is 0.0561. The maximum atomic E-state index is 13.3. The van der Waals surface area contributed by atoms with Gasteiger partial charge in [0.15, 0.2) is 0 Å². The Balaban J connectivity index is 1.29. The summed E-state index contributed by atoms with van der Waals surface area (Å²) in [5.41, 5.74) is 2.65. The van der Waals surface area contributed by atoms with E-state index in [0.717, 1.165) is 48.0 Å². The Bertz CT molecular complexity index is 1560. The maximum Gasteiger partial charge on any atom is 0.264 e. The third-order valence-corrected chi connectivity index (χ3v) is 10.3. The maximum absolute atomic E-state index is 13.3. The largest absolute Gasteiger partial charge is 0.496 e. The fraction of sp³-hybridized carbons (Fsp3) is 0.300. The zero-order valence-electron chi connectivity index (χ0n) is 21.9. The van der Waals surface area contributed by atoms with Crippen LogP contribution >= 0.6 is 11.3 Å². The summed E-state index contributed by atoms with van der Waals surface area (Å²) >= 11 is 1.46. The first-order valence-corrected chi connectivity index (χ1v) is 15.0. The number of thiophene rings is 1. The van der Waals surface area contributed by atoms with Crippen molar-refractivity contribution in [3.8, 4) is 5.75 Å². The van der Waals surface area contributed by atoms with Crippen molar-refractivity contribution in [2.75, 3.05) is 31.6 Å². The van der Waals surface area contributed by atoms with Crippen molar-refractivity contribution in [3.63, 3.8) is 0 Å². The molecule has 38 heavy (non-hydrogen) atoms. The second-order valence-electron chi connectivity index (χ2n) is 9.86. The van der Waals surface area contributed by atoms with E-state index in [2.05, 4.69) is 24.3 Å². The van der Waals surface area contributed by atoms with Crippen molar-refractivity contribution in [1.29, 1.82) is 0 Å². The average molecular weight is 549 g/mol. The Labute approximate surface area is 228 Å². The molecule has 1 fully saturated rings. The molecule has 0 unspecified atom stereocenters. The van der Waals surface area contributed by atoms with Crippen LogP contribution in [0.2, 0.25) is 0 Å². The summed E-state index contributed by atoms with van der Waals surface area (Å²) < 4.78 is 34.1. The molecule has 1 saturated heterocycles. The number of amides is 1. The first-order chi connectivity index (χ1) is 18.3. The van der Waals surface area contributed by atoms with Gasteiger partial charge in [0, 0.05) is 24.8 Å². The molecule has 0 N–H and O–H groups in total. The molecule has 1 aliphatic heterocycles. The van der Waals surface area contributed by atoms with Crippen LogP contribution in [0, 0.1) is 12.8 Å². The number of nitrogens with zero attached hydrogens (tertiary/aromatic N) is 2. The first-order valence-electron chi connectivity index (χ1n) is 12.8. The van der Waals surface area contributed by atoms with E-state index in [0.29, 0.717) is 22.2 Å². The normalized spacial score (nSPS) is 14.6. The minimum Gasteiger partial charge on any atom is -0.496 e. The molecule has 1 aliphatic rings. The summed E-state index contributed by atoms with van der Waals surface area (Å²) in [6, 6.07) is 22.8. The molecule has 2 heterocycles. The number of hydrogen-bond acceptors (Lipinski definition) is 5. The van der Waals surface area contributed by atoms with Gasteiger partial charge >= 0.3 is 0 Å². The summed E-state index contributed by atoms with van der Waals surface area (Å²) in [4.78, 5) is 16.1. The molecule has 6 nitrogen and oxygen atoms in total. The lowest BCUT2D eigenvalue weighted by Crippen LogP contribution is -2.38. The number of aryl methyl sites for hydroxylation is 1. The van der Waals surface area contributed by atoms with Crippen molar-refractivity contribution in [3.05, 3.63) is 88.8 Å². The molecule has 1 aromatic heterocycles. The number of anilines is 1. The molecule has 4 aromatic rings. The molecule has 0 spiro atoms. The predicted octanol–water partition coefficient (Wildman–Crippen LogP) is 6.14. The molecule has 0 bridgehead atoms. The summed E-state index contributed by atoms with van der Waals surface area (Å²) in [5.74, 6) is 1.29. The van der Waals surface area contributed by atoms with Gasteiger partial charge in [0.05, 0.1) is 22.6 Å². The van der Waals surface area contributed by atoms with Gasteiger partial charge in [-0.1, -0.05) is 30.3 Å². The Morgan fingerprint density at radius 2 is 1.76 bits per heavy atom. The second-order valence-corrected chi connectivity index (χ2v) is 12.9. The number of likely N-dealkylation sites (tertiary alicyclic amines) is 1. The van der Waals surface area contributed by atoms with E-state index in [9.17, 15) is 13.2 Å². The quantitative estimate of drug-likeness (QED) is 0.278. The molecule has 198 valence electrons. The number of methoxy groups -OCH3 is 1. The molecule has 0 radical (unpaired) electrons. The third-order valence-electron chi connectivity index (χ3n) is 7.37. The van der Waals surface area contributed by atoms with Crippen LogP contribution in [0.15, 0.2) is 77.7 Å². The van der Waals surface area contributed by atoms with Crippen molar-refractivity contribution in [2.45, 2.75) is 31.1 Å². The monoisotopic (exact) mass is 548 g/mol. The lowest BCUT2D eigenvalue weighted by Gasteiger charge is -2.31. The highest BCUT2D eigenvalue weighted by Crippen LogP contribution is 2.33. The molecule has 0 saturated carbocycles. The number of rotatable bonds is 7. The number of ether oxygens (including phenoxy) is 1. The van der Waals surface area contributed by atoms with Gasteiger partial charge in [-0.05, 0) is 91.1 Å². The lowest BCUT2D eigenvalue weighted by atomic mass is 9.90. The number of piperidine rings is 1. The van der Waals surface area contributed by atoms with Crippen LogP contribution in [-0.4, -0.2) is 46.5 Å². The standard InChI is InChI=1S/C30H32N2O4S2/c1-21-17-26(10-11-27(21)36-3)38(34,35)31(2)25-9-12-28-24(19-25)20-29(37-28)30(33)32-15-13-23(14-16-32)18-22-7-5-4-6-8-22/h4-12,17,19-20,23H,13-16,18H2,1-3H3. The molecule has 5 rings (SSSR count). The van der Waals surface area contributed by atoms with Gasteiger partial charge in [-0.3, -0.25) is 9.10 Å².